The van der Waals surface area contributed by atoms with Crippen molar-refractivity contribution >= 4 is 17.6 Å². The molecule has 1 aromatic heterocycles. The zero-order valence-electron chi connectivity index (χ0n) is 20.5. The molecule has 0 spiro atoms. The number of anilines is 1. The van der Waals surface area contributed by atoms with Crippen LogP contribution in [0, 0.1) is 17.8 Å². The Morgan fingerprint density at radius 3 is 2.57 bits per heavy atom. The Balaban J connectivity index is 1.05. The summed E-state index contributed by atoms with van der Waals surface area (Å²) in [6, 6.07) is 15.1. The Labute approximate surface area is 208 Å². The van der Waals surface area contributed by atoms with Crippen LogP contribution in [-0.2, 0) is 11.2 Å². The summed E-state index contributed by atoms with van der Waals surface area (Å²) in [5.74, 6) is 3.13. The van der Waals surface area contributed by atoms with Crippen LogP contribution in [0.3, 0.4) is 0 Å². The molecule has 4 aliphatic rings. The summed E-state index contributed by atoms with van der Waals surface area (Å²) in [6.45, 7) is 4.45. The molecule has 0 aliphatic carbocycles. The predicted octanol–water partition coefficient (Wildman–Crippen LogP) is 4.01. The van der Waals surface area contributed by atoms with Gasteiger partial charge in [-0.3, -0.25) is 9.59 Å². The lowest BCUT2D eigenvalue weighted by molar-refractivity contribution is -0.142. The second-order valence-corrected chi connectivity index (χ2v) is 11.1. The molecule has 4 saturated heterocycles. The lowest BCUT2D eigenvalue weighted by Gasteiger charge is -2.52. The molecule has 0 unspecified atom stereocenters. The third kappa shape index (κ3) is 4.67. The zero-order chi connectivity index (χ0) is 23.8. The molecule has 2 aromatic rings. The number of nitrogens with zero attached hydrogens (tertiary/aromatic N) is 4. The van der Waals surface area contributed by atoms with Crippen molar-refractivity contribution in [2.75, 3.05) is 37.6 Å². The highest BCUT2D eigenvalue weighted by atomic mass is 16.2. The highest BCUT2D eigenvalue weighted by Crippen LogP contribution is 2.39. The molecule has 0 N–H and O–H groups in total. The van der Waals surface area contributed by atoms with E-state index in [0.717, 1.165) is 77.1 Å². The zero-order valence-corrected chi connectivity index (χ0v) is 20.5. The molecule has 5 heterocycles. The Morgan fingerprint density at radius 1 is 0.971 bits per heavy atom. The monoisotopic (exact) mass is 472 g/mol. The molecular weight excluding hydrogens is 436 g/mol. The first-order chi connectivity index (χ1) is 17.1. The number of aromatic nitrogens is 1. The van der Waals surface area contributed by atoms with Crippen molar-refractivity contribution in [2.24, 2.45) is 17.8 Å². The van der Waals surface area contributed by atoms with Gasteiger partial charge in [0.15, 0.2) is 0 Å². The number of rotatable bonds is 4. The van der Waals surface area contributed by atoms with Gasteiger partial charge >= 0.3 is 0 Å². The molecule has 1 aromatic carbocycles. The highest BCUT2D eigenvalue weighted by molar-refractivity contribution is 5.94. The van der Waals surface area contributed by atoms with Crippen LogP contribution in [0.4, 0.5) is 5.82 Å². The molecule has 35 heavy (non-hydrogen) atoms. The van der Waals surface area contributed by atoms with E-state index in [1.807, 2.05) is 17.0 Å². The van der Waals surface area contributed by atoms with Gasteiger partial charge in [-0.2, -0.15) is 0 Å². The van der Waals surface area contributed by atoms with E-state index in [4.69, 9.17) is 4.98 Å². The van der Waals surface area contributed by atoms with Gasteiger partial charge in [0.25, 0.3) is 5.91 Å². The van der Waals surface area contributed by atoms with E-state index in [1.54, 1.807) is 6.20 Å². The first-order valence-corrected chi connectivity index (χ1v) is 13.5. The minimum Gasteiger partial charge on any atom is -0.356 e. The molecule has 6 nitrogen and oxygen atoms in total. The standard InChI is InChI=1S/C29H36N4O2/c34-28-8-4-7-26-25-16-23(19-33(26)28)18-32(20-25)27-10-9-24(17-30-27)29(35)31-13-11-22(12-14-31)15-21-5-2-1-3-6-21/h1-3,5-6,9-10,17,22-23,25-26H,4,7-8,11-16,18-20H2/t23-,25-,26-/m1/s1. The normalized spacial score (nSPS) is 27.0. The maximum atomic E-state index is 13.1. The average molecular weight is 473 g/mol. The molecule has 6 rings (SSSR count). The highest BCUT2D eigenvalue weighted by Gasteiger charge is 2.44. The molecule has 0 radical (unpaired) electrons. The molecule has 184 valence electrons. The molecule has 3 atom stereocenters. The van der Waals surface area contributed by atoms with E-state index in [2.05, 4.69) is 40.1 Å². The van der Waals surface area contributed by atoms with Crippen LogP contribution in [-0.4, -0.2) is 65.4 Å². The molecule has 4 aliphatic heterocycles. The van der Waals surface area contributed by atoms with Gasteiger partial charge in [0.05, 0.1) is 5.56 Å². The fraction of sp³-hybridized carbons (Fsp3) is 0.552. The smallest absolute Gasteiger partial charge is 0.255 e. The molecule has 0 saturated carbocycles. The number of piperidine rings is 4. The third-order valence-electron chi connectivity index (χ3n) is 8.77. The summed E-state index contributed by atoms with van der Waals surface area (Å²) in [5, 5.41) is 0. The van der Waals surface area contributed by atoms with Crippen LogP contribution in [0.2, 0.25) is 0 Å². The van der Waals surface area contributed by atoms with Gasteiger partial charge in [0.2, 0.25) is 5.91 Å². The van der Waals surface area contributed by atoms with Gasteiger partial charge in [-0.25, -0.2) is 4.98 Å². The molecule has 2 amide bonds. The topological polar surface area (TPSA) is 56.8 Å². The van der Waals surface area contributed by atoms with Crippen LogP contribution in [0.1, 0.15) is 54.4 Å². The van der Waals surface area contributed by atoms with E-state index in [9.17, 15) is 9.59 Å². The first-order valence-electron chi connectivity index (χ1n) is 13.5. The largest absolute Gasteiger partial charge is 0.356 e. The first kappa shape index (κ1) is 22.6. The molecule has 6 heteroatoms. The van der Waals surface area contributed by atoms with Crippen molar-refractivity contribution in [1.82, 2.24) is 14.8 Å². The summed E-state index contributed by atoms with van der Waals surface area (Å²) < 4.78 is 0. The van der Waals surface area contributed by atoms with Crippen molar-refractivity contribution in [1.29, 1.82) is 0 Å². The minimum absolute atomic E-state index is 0.106. The number of fused-ring (bicyclic) bond motifs is 4. The Hall–Kier alpha value is -2.89. The third-order valence-corrected chi connectivity index (χ3v) is 8.77. The maximum absolute atomic E-state index is 13.1. The van der Waals surface area contributed by atoms with Crippen molar-refractivity contribution in [3.63, 3.8) is 0 Å². The minimum atomic E-state index is 0.106. The Kier molecular flexibility index (Phi) is 6.21. The lowest BCUT2D eigenvalue weighted by Crippen LogP contribution is -2.60. The van der Waals surface area contributed by atoms with Gasteiger partial charge in [-0.05, 0) is 74.0 Å². The number of pyridine rings is 1. The van der Waals surface area contributed by atoms with E-state index < -0.39 is 0 Å². The summed E-state index contributed by atoms with van der Waals surface area (Å²) in [6.07, 6.45) is 9.10. The number of benzene rings is 1. The second-order valence-electron chi connectivity index (χ2n) is 11.1. The number of amides is 2. The molecule has 4 fully saturated rings. The SMILES string of the molecule is O=C(c1ccc(N2C[C@H]3C[C@H](C2)[C@H]2CCCC(=O)N2C3)nc1)N1CCC(Cc2ccccc2)CC1. The quantitative estimate of drug-likeness (QED) is 0.675. The molecule has 2 bridgehead atoms. The van der Waals surface area contributed by atoms with Gasteiger partial charge in [0.1, 0.15) is 5.82 Å². The number of carbonyl (C=O) groups excluding carboxylic acids is 2. The predicted molar refractivity (Wildman–Crippen MR) is 136 cm³/mol. The fourth-order valence-electron chi connectivity index (χ4n) is 6.97. The Morgan fingerprint density at radius 2 is 1.80 bits per heavy atom. The van der Waals surface area contributed by atoms with E-state index in [1.165, 1.54) is 12.0 Å². The van der Waals surface area contributed by atoms with E-state index in [-0.39, 0.29) is 5.91 Å². The number of carbonyl (C=O) groups is 2. The van der Waals surface area contributed by atoms with Gasteiger partial charge in [-0.1, -0.05) is 30.3 Å². The summed E-state index contributed by atoms with van der Waals surface area (Å²) in [4.78, 5) is 36.8. The van der Waals surface area contributed by atoms with Crippen LogP contribution < -0.4 is 4.90 Å². The van der Waals surface area contributed by atoms with Crippen molar-refractivity contribution in [3.05, 3.63) is 59.8 Å². The summed E-state index contributed by atoms with van der Waals surface area (Å²) in [5.41, 5.74) is 2.08. The van der Waals surface area contributed by atoms with Crippen molar-refractivity contribution in [3.8, 4) is 0 Å². The van der Waals surface area contributed by atoms with Crippen LogP contribution in [0.15, 0.2) is 48.7 Å². The van der Waals surface area contributed by atoms with Crippen LogP contribution >= 0.6 is 0 Å². The number of hydrogen-bond acceptors (Lipinski definition) is 4. The van der Waals surface area contributed by atoms with Crippen LogP contribution in [0.25, 0.3) is 0 Å². The van der Waals surface area contributed by atoms with Crippen molar-refractivity contribution in [2.45, 2.75) is 51.0 Å². The Bertz CT molecular complexity index is 1050. The second kappa shape index (κ2) is 9.63. The van der Waals surface area contributed by atoms with E-state index >= 15 is 0 Å². The van der Waals surface area contributed by atoms with Gasteiger partial charge in [-0.15, -0.1) is 0 Å². The van der Waals surface area contributed by atoms with Gasteiger partial charge in [0, 0.05) is 51.4 Å². The average Bonchev–Trinajstić information content (AvgIpc) is 2.90. The van der Waals surface area contributed by atoms with Crippen LogP contribution in [0.5, 0.6) is 0 Å². The summed E-state index contributed by atoms with van der Waals surface area (Å²) >= 11 is 0. The lowest BCUT2D eigenvalue weighted by atomic mass is 9.76. The van der Waals surface area contributed by atoms with Gasteiger partial charge < -0.3 is 14.7 Å². The fourth-order valence-corrected chi connectivity index (χ4v) is 6.97. The number of hydrogen-bond donors (Lipinski definition) is 0. The van der Waals surface area contributed by atoms with Crippen molar-refractivity contribution < 1.29 is 9.59 Å². The maximum Gasteiger partial charge on any atom is 0.255 e. The number of likely N-dealkylation sites (tertiary alicyclic amines) is 1. The molecular formula is C29H36N4O2. The van der Waals surface area contributed by atoms with E-state index in [0.29, 0.717) is 35.3 Å². The summed E-state index contributed by atoms with van der Waals surface area (Å²) in [7, 11) is 0.